The van der Waals surface area contributed by atoms with Crippen molar-refractivity contribution in [3.05, 3.63) is 51.6 Å². The first kappa shape index (κ1) is 14.3. The highest BCUT2D eigenvalue weighted by Gasteiger charge is 2.43. The Labute approximate surface area is 125 Å². The molecule has 2 aliphatic rings. The number of nitro benzene ring substituents is 1. The summed E-state index contributed by atoms with van der Waals surface area (Å²) < 4.78 is 0. The first-order chi connectivity index (χ1) is 9.88. The lowest BCUT2D eigenvalue weighted by atomic mass is 9.65. The molecule has 0 amide bonds. The molecule has 3 rings (SSSR count). The van der Waals surface area contributed by atoms with Gasteiger partial charge in [0.15, 0.2) is 0 Å². The molecule has 1 fully saturated rings. The van der Waals surface area contributed by atoms with Crippen molar-refractivity contribution in [2.75, 3.05) is 0 Å². The number of piperidine rings is 1. The Kier molecular flexibility index (Phi) is 3.36. The van der Waals surface area contributed by atoms with E-state index in [1.807, 2.05) is 12.1 Å². The van der Waals surface area contributed by atoms with Crippen LogP contribution in [0.15, 0.2) is 35.9 Å². The molecule has 112 valence electrons. The van der Waals surface area contributed by atoms with Crippen molar-refractivity contribution in [1.29, 1.82) is 0 Å². The summed E-state index contributed by atoms with van der Waals surface area (Å²) in [6, 6.07) is 7.26. The molecule has 1 aromatic rings. The second-order valence-corrected chi connectivity index (χ2v) is 6.92. The SMILES string of the molecule is CC1=CC[C@@H]2C[C@H]1[C@H](c1ccc([N+](=O)[O-])cc1)NC2(C)C. The smallest absolute Gasteiger partial charge is 0.269 e. The van der Waals surface area contributed by atoms with Gasteiger partial charge in [0.05, 0.1) is 4.92 Å². The summed E-state index contributed by atoms with van der Waals surface area (Å²) in [5.41, 5.74) is 2.84. The zero-order valence-electron chi connectivity index (χ0n) is 12.8. The van der Waals surface area contributed by atoms with Gasteiger partial charge in [-0.25, -0.2) is 0 Å². The highest BCUT2D eigenvalue weighted by Crippen LogP contribution is 2.47. The average molecular weight is 286 g/mol. The van der Waals surface area contributed by atoms with Crippen LogP contribution in [0.25, 0.3) is 0 Å². The number of nitrogens with zero attached hydrogens (tertiary/aromatic N) is 1. The summed E-state index contributed by atoms with van der Waals surface area (Å²) in [4.78, 5) is 10.5. The van der Waals surface area contributed by atoms with Gasteiger partial charge in [0.1, 0.15) is 0 Å². The summed E-state index contributed by atoms with van der Waals surface area (Å²) in [6.45, 7) is 6.74. The molecule has 1 aliphatic carbocycles. The minimum absolute atomic E-state index is 0.0974. The fourth-order valence-corrected chi connectivity index (χ4v) is 3.79. The molecule has 1 saturated heterocycles. The van der Waals surface area contributed by atoms with E-state index in [-0.39, 0.29) is 22.2 Å². The number of fused-ring (bicyclic) bond motifs is 2. The Bertz CT molecular complexity index is 589. The number of nitro groups is 1. The van der Waals surface area contributed by atoms with Gasteiger partial charge in [0, 0.05) is 23.7 Å². The number of hydrogen-bond acceptors (Lipinski definition) is 3. The van der Waals surface area contributed by atoms with Crippen LogP contribution in [0.2, 0.25) is 0 Å². The van der Waals surface area contributed by atoms with E-state index < -0.39 is 0 Å². The van der Waals surface area contributed by atoms with Gasteiger partial charge in [-0.05, 0) is 51.0 Å². The zero-order chi connectivity index (χ0) is 15.2. The number of rotatable bonds is 2. The van der Waals surface area contributed by atoms with Crippen molar-refractivity contribution in [1.82, 2.24) is 5.32 Å². The van der Waals surface area contributed by atoms with Crippen molar-refractivity contribution in [3.63, 3.8) is 0 Å². The van der Waals surface area contributed by atoms with E-state index in [0.717, 1.165) is 12.0 Å². The third-order valence-corrected chi connectivity index (χ3v) is 5.26. The number of nitrogens with one attached hydrogen (secondary N) is 1. The van der Waals surface area contributed by atoms with E-state index in [2.05, 4.69) is 32.2 Å². The summed E-state index contributed by atoms with van der Waals surface area (Å²) in [5, 5.41) is 14.6. The van der Waals surface area contributed by atoms with E-state index in [9.17, 15) is 10.1 Å². The topological polar surface area (TPSA) is 55.2 Å². The zero-order valence-corrected chi connectivity index (χ0v) is 12.8. The summed E-state index contributed by atoms with van der Waals surface area (Å²) >= 11 is 0. The molecular weight excluding hydrogens is 264 g/mol. The van der Waals surface area contributed by atoms with Gasteiger partial charge in [0.2, 0.25) is 0 Å². The second-order valence-electron chi connectivity index (χ2n) is 6.92. The third-order valence-electron chi connectivity index (χ3n) is 5.26. The Morgan fingerprint density at radius 3 is 2.57 bits per heavy atom. The molecule has 0 radical (unpaired) electrons. The van der Waals surface area contributed by atoms with E-state index >= 15 is 0 Å². The minimum Gasteiger partial charge on any atom is -0.304 e. The van der Waals surface area contributed by atoms with Crippen LogP contribution < -0.4 is 5.32 Å². The first-order valence-electron chi connectivity index (χ1n) is 7.57. The molecule has 0 unspecified atom stereocenters. The van der Waals surface area contributed by atoms with Gasteiger partial charge in [-0.15, -0.1) is 0 Å². The molecule has 4 nitrogen and oxygen atoms in total. The summed E-state index contributed by atoms with van der Waals surface area (Å²) in [6.07, 6.45) is 4.72. The molecule has 21 heavy (non-hydrogen) atoms. The van der Waals surface area contributed by atoms with Crippen molar-refractivity contribution in [2.24, 2.45) is 11.8 Å². The van der Waals surface area contributed by atoms with Crippen LogP contribution in [0.5, 0.6) is 0 Å². The van der Waals surface area contributed by atoms with Crippen molar-refractivity contribution < 1.29 is 4.92 Å². The lowest BCUT2D eigenvalue weighted by molar-refractivity contribution is -0.384. The standard InChI is InChI=1S/C17H22N2O2/c1-11-4-7-13-10-15(11)16(18-17(13,2)3)12-5-8-14(9-6-12)19(20)21/h4-6,8-9,13,15-16,18H,7,10H2,1-3H3/t13-,15-,16+/m1/s1. The molecule has 0 aromatic heterocycles. The molecule has 0 saturated carbocycles. The number of non-ortho nitro benzene ring substituents is 1. The highest BCUT2D eigenvalue weighted by molar-refractivity contribution is 5.36. The summed E-state index contributed by atoms with van der Waals surface area (Å²) in [7, 11) is 0. The van der Waals surface area contributed by atoms with Gasteiger partial charge in [-0.3, -0.25) is 10.1 Å². The Morgan fingerprint density at radius 1 is 1.29 bits per heavy atom. The lowest BCUT2D eigenvalue weighted by Gasteiger charge is -2.50. The fraction of sp³-hybridized carbons (Fsp3) is 0.529. The highest BCUT2D eigenvalue weighted by atomic mass is 16.6. The van der Waals surface area contributed by atoms with Crippen molar-refractivity contribution >= 4 is 5.69 Å². The third kappa shape index (κ3) is 2.48. The molecule has 4 heteroatoms. The predicted octanol–water partition coefficient (Wildman–Crippen LogP) is 3.99. The average Bonchev–Trinajstić information content (AvgIpc) is 2.45. The maximum atomic E-state index is 10.8. The van der Waals surface area contributed by atoms with E-state index in [1.165, 1.54) is 12.0 Å². The Balaban J connectivity index is 1.94. The van der Waals surface area contributed by atoms with Gasteiger partial charge < -0.3 is 5.32 Å². The number of benzene rings is 1. The van der Waals surface area contributed by atoms with Crippen LogP contribution in [0, 0.1) is 22.0 Å². The van der Waals surface area contributed by atoms with Gasteiger partial charge in [-0.1, -0.05) is 23.8 Å². The normalized spacial score (nSPS) is 30.6. The van der Waals surface area contributed by atoms with Crippen molar-refractivity contribution in [2.45, 2.75) is 45.2 Å². The molecule has 3 atom stereocenters. The molecule has 1 aromatic carbocycles. The quantitative estimate of drug-likeness (QED) is 0.508. The monoisotopic (exact) mass is 286 g/mol. The largest absolute Gasteiger partial charge is 0.304 e. The van der Waals surface area contributed by atoms with E-state index in [1.54, 1.807) is 12.1 Å². The molecule has 1 aliphatic heterocycles. The molecule has 1 N–H and O–H groups in total. The Hall–Kier alpha value is -1.68. The minimum atomic E-state index is -0.343. The van der Waals surface area contributed by atoms with E-state index in [4.69, 9.17) is 0 Å². The fourth-order valence-electron chi connectivity index (χ4n) is 3.79. The van der Waals surface area contributed by atoms with Crippen LogP contribution in [0.4, 0.5) is 5.69 Å². The first-order valence-corrected chi connectivity index (χ1v) is 7.57. The second kappa shape index (κ2) is 4.95. The molecule has 1 heterocycles. The molecule has 2 bridgehead atoms. The number of allylic oxidation sites excluding steroid dienone is 1. The van der Waals surface area contributed by atoms with Crippen LogP contribution >= 0.6 is 0 Å². The van der Waals surface area contributed by atoms with E-state index in [0.29, 0.717) is 11.8 Å². The van der Waals surface area contributed by atoms with Crippen LogP contribution in [0.1, 0.15) is 45.2 Å². The predicted molar refractivity (Wildman–Crippen MR) is 83.0 cm³/mol. The van der Waals surface area contributed by atoms with Crippen molar-refractivity contribution in [3.8, 4) is 0 Å². The van der Waals surface area contributed by atoms with Gasteiger partial charge >= 0.3 is 0 Å². The van der Waals surface area contributed by atoms with Gasteiger partial charge in [-0.2, -0.15) is 0 Å². The molecule has 0 spiro atoms. The number of hydrogen-bond donors (Lipinski definition) is 1. The van der Waals surface area contributed by atoms with Crippen LogP contribution in [0.3, 0.4) is 0 Å². The molecular formula is C17H22N2O2. The van der Waals surface area contributed by atoms with Crippen LogP contribution in [-0.2, 0) is 0 Å². The maximum absolute atomic E-state index is 10.8. The van der Waals surface area contributed by atoms with Gasteiger partial charge in [0.25, 0.3) is 5.69 Å². The summed E-state index contributed by atoms with van der Waals surface area (Å²) in [5.74, 6) is 1.17. The Morgan fingerprint density at radius 2 is 1.95 bits per heavy atom. The van der Waals surface area contributed by atoms with Crippen LogP contribution in [-0.4, -0.2) is 10.5 Å². The lowest BCUT2D eigenvalue weighted by Crippen LogP contribution is -2.55. The maximum Gasteiger partial charge on any atom is 0.269 e.